The zero-order valence-corrected chi connectivity index (χ0v) is 21.1. The van der Waals surface area contributed by atoms with E-state index < -0.39 is 5.79 Å². The lowest BCUT2D eigenvalue weighted by atomic mass is 9.81. The molecule has 0 bridgehead atoms. The number of aryl methyl sites for hydroxylation is 1. The monoisotopic (exact) mass is 465 g/mol. The SMILES string of the molecule is CC.COC(=O)c1sc(C)cc1N(C(=O)C1CCC(C)CC1)C1CCC2(CC1)OCCO2. The molecule has 0 N–H and O–H groups in total. The third-order valence-corrected chi connectivity index (χ3v) is 7.98. The quantitative estimate of drug-likeness (QED) is 0.533. The Labute approximate surface area is 196 Å². The maximum absolute atomic E-state index is 13.8. The van der Waals surface area contributed by atoms with E-state index in [4.69, 9.17) is 14.2 Å². The molecule has 1 saturated heterocycles. The molecule has 6 nitrogen and oxygen atoms in total. The fourth-order valence-electron chi connectivity index (χ4n) is 5.20. The number of carbonyl (C=O) groups excluding carboxylic acids is 2. The molecule has 2 heterocycles. The Kier molecular flexibility index (Phi) is 8.75. The van der Waals surface area contributed by atoms with E-state index in [-0.39, 0.29) is 23.8 Å². The van der Waals surface area contributed by atoms with Crippen LogP contribution in [0.2, 0.25) is 0 Å². The highest BCUT2D eigenvalue weighted by Crippen LogP contribution is 2.42. The Bertz CT molecular complexity index is 767. The average Bonchev–Trinajstić information content (AvgIpc) is 3.43. The summed E-state index contributed by atoms with van der Waals surface area (Å²) in [4.78, 5) is 29.8. The molecule has 0 aromatic carbocycles. The van der Waals surface area contributed by atoms with Crippen molar-refractivity contribution in [1.82, 2.24) is 0 Å². The van der Waals surface area contributed by atoms with Crippen molar-refractivity contribution in [2.45, 2.75) is 90.9 Å². The molecule has 1 spiro atoms. The Morgan fingerprint density at radius 3 is 2.22 bits per heavy atom. The van der Waals surface area contributed by atoms with Gasteiger partial charge in [0.1, 0.15) is 4.88 Å². The van der Waals surface area contributed by atoms with Gasteiger partial charge in [0.25, 0.3) is 0 Å². The van der Waals surface area contributed by atoms with E-state index >= 15 is 0 Å². The predicted octanol–water partition coefficient (Wildman–Crippen LogP) is 5.71. The van der Waals surface area contributed by atoms with Gasteiger partial charge in [0.15, 0.2) is 5.79 Å². The van der Waals surface area contributed by atoms with E-state index in [1.165, 1.54) is 18.4 Å². The van der Waals surface area contributed by atoms with Gasteiger partial charge in [-0.2, -0.15) is 0 Å². The zero-order valence-electron chi connectivity index (χ0n) is 20.3. The van der Waals surface area contributed by atoms with E-state index in [2.05, 4.69) is 6.92 Å². The minimum absolute atomic E-state index is 0.0294. The summed E-state index contributed by atoms with van der Waals surface area (Å²) in [6.45, 7) is 9.52. The number of anilines is 1. The first-order chi connectivity index (χ1) is 15.4. The van der Waals surface area contributed by atoms with Crippen LogP contribution in [0, 0.1) is 18.8 Å². The van der Waals surface area contributed by atoms with E-state index in [0.29, 0.717) is 24.0 Å². The molecule has 7 heteroatoms. The number of hydrogen-bond donors (Lipinski definition) is 0. The van der Waals surface area contributed by atoms with Crippen LogP contribution in [-0.4, -0.2) is 44.0 Å². The molecule has 1 aromatic heterocycles. The van der Waals surface area contributed by atoms with E-state index in [1.807, 2.05) is 31.7 Å². The largest absolute Gasteiger partial charge is 0.465 e. The summed E-state index contributed by atoms with van der Waals surface area (Å²) in [7, 11) is 1.40. The summed E-state index contributed by atoms with van der Waals surface area (Å²) in [6.07, 6.45) is 7.21. The molecular weight excluding hydrogens is 426 g/mol. The van der Waals surface area contributed by atoms with Crippen LogP contribution >= 0.6 is 11.3 Å². The number of thiophene rings is 1. The summed E-state index contributed by atoms with van der Waals surface area (Å²) in [5.41, 5.74) is 0.724. The van der Waals surface area contributed by atoms with Gasteiger partial charge in [-0.05, 0) is 57.4 Å². The van der Waals surface area contributed by atoms with Crippen LogP contribution < -0.4 is 4.90 Å². The van der Waals surface area contributed by atoms with E-state index in [1.54, 1.807) is 0 Å². The maximum Gasteiger partial charge on any atom is 0.350 e. The second-order valence-corrected chi connectivity index (χ2v) is 10.3. The van der Waals surface area contributed by atoms with Gasteiger partial charge in [0.2, 0.25) is 5.91 Å². The fourth-order valence-corrected chi connectivity index (χ4v) is 6.13. The van der Waals surface area contributed by atoms with Crippen LogP contribution in [0.1, 0.15) is 86.7 Å². The van der Waals surface area contributed by atoms with Gasteiger partial charge in [-0.1, -0.05) is 20.8 Å². The minimum atomic E-state index is -0.471. The molecule has 1 amide bonds. The first kappa shape index (κ1) is 25.2. The van der Waals surface area contributed by atoms with Gasteiger partial charge in [-0.3, -0.25) is 4.79 Å². The topological polar surface area (TPSA) is 65.1 Å². The highest BCUT2D eigenvalue weighted by atomic mass is 32.1. The van der Waals surface area contributed by atoms with E-state index in [0.717, 1.165) is 61.9 Å². The van der Waals surface area contributed by atoms with Crippen LogP contribution in [0.25, 0.3) is 0 Å². The fraction of sp³-hybridized carbons (Fsp3) is 0.760. The molecule has 3 aliphatic rings. The minimum Gasteiger partial charge on any atom is -0.465 e. The molecule has 1 aromatic rings. The Morgan fingerprint density at radius 2 is 1.66 bits per heavy atom. The van der Waals surface area contributed by atoms with Gasteiger partial charge in [-0.25, -0.2) is 4.79 Å². The van der Waals surface area contributed by atoms with Crippen molar-refractivity contribution in [2.24, 2.45) is 11.8 Å². The standard InChI is InChI=1S/C23H33NO5S.C2H6/c1-15-4-6-17(7-5-15)21(25)24(19-14-16(2)30-20(19)22(26)27-3)18-8-10-23(11-9-18)28-12-13-29-23;1-2/h14-15,17-18H,4-13H2,1-3H3;1-2H3. The molecule has 32 heavy (non-hydrogen) atoms. The summed E-state index contributed by atoms with van der Waals surface area (Å²) >= 11 is 1.40. The normalized spacial score (nSPS) is 25.2. The van der Waals surface area contributed by atoms with Crippen molar-refractivity contribution in [3.05, 3.63) is 15.8 Å². The molecule has 0 unspecified atom stereocenters. The number of carbonyl (C=O) groups is 2. The molecule has 0 atom stereocenters. The van der Waals surface area contributed by atoms with Crippen LogP contribution in [0.4, 0.5) is 5.69 Å². The second kappa shape index (κ2) is 11.1. The lowest BCUT2D eigenvalue weighted by Crippen LogP contribution is -2.49. The van der Waals surface area contributed by atoms with Crippen molar-refractivity contribution in [1.29, 1.82) is 0 Å². The van der Waals surface area contributed by atoms with Crippen molar-refractivity contribution < 1.29 is 23.8 Å². The third-order valence-electron chi connectivity index (χ3n) is 6.96. The Morgan fingerprint density at radius 1 is 1.06 bits per heavy atom. The number of rotatable bonds is 4. The molecule has 3 fully saturated rings. The van der Waals surface area contributed by atoms with Crippen molar-refractivity contribution in [3.8, 4) is 0 Å². The van der Waals surface area contributed by atoms with Gasteiger partial charge in [0, 0.05) is 29.7 Å². The van der Waals surface area contributed by atoms with Crippen LogP contribution in [0.5, 0.6) is 0 Å². The lowest BCUT2D eigenvalue weighted by Gasteiger charge is -2.42. The second-order valence-electron chi connectivity index (χ2n) is 9.07. The number of esters is 1. The third kappa shape index (κ3) is 5.37. The summed E-state index contributed by atoms with van der Waals surface area (Å²) in [5.74, 6) is 0.0396. The Balaban J connectivity index is 0.00000141. The number of nitrogens with zero attached hydrogens (tertiary/aromatic N) is 1. The molecule has 4 rings (SSSR count). The first-order valence-corrected chi connectivity index (χ1v) is 13.0. The van der Waals surface area contributed by atoms with Crippen molar-refractivity contribution in [2.75, 3.05) is 25.2 Å². The van der Waals surface area contributed by atoms with Gasteiger partial charge < -0.3 is 19.1 Å². The number of ether oxygens (including phenoxy) is 3. The van der Waals surface area contributed by atoms with Gasteiger partial charge in [0.05, 0.1) is 26.0 Å². The average molecular weight is 466 g/mol. The molecule has 2 saturated carbocycles. The van der Waals surface area contributed by atoms with Crippen molar-refractivity contribution >= 4 is 28.9 Å². The number of hydrogen-bond acceptors (Lipinski definition) is 6. The number of amides is 1. The highest BCUT2D eigenvalue weighted by Gasteiger charge is 2.44. The van der Waals surface area contributed by atoms with Crippen LogP contribution in [0.15, 0.2) is 6.07 Å². The molecule has 1 aliphatic heterocycles. The van der Waals surface area contributed by atoms with E-state index in [9.17, 15) is 9.59 Å². The van der Waals surface area contributed by atoms with Gasteiger partial charge >= 0.3 is 5.97 Å². The maximum atomic E-state index is 13.8. The molecular formula is C25H39NO5S. The molecule has 180 valence electrons. The predicted molar refractivity (Wildman–Crippen MR) is 127 cm³/mol. The summed E-state index contributed by atoms with van der Waals surface area (Å²) in [6, 6.07) is 2.03. The van der Waals surface area contributed by atoms with Crippen molar-refractivity contribution in [3.63, 3.8) is 0 Å². The first-order valence-electron chi connectivity index (χ1n) is 12.2. The Hall–Kier alpha value is -1.44. The lowest BCUT2D eigenvalue weighted by molar-refractivity contribution is -0.179. The molecule has 0 radical (unpaired) electrons. The number of methoxy groups -OCH3 is 1. The smallest absolute Gasteiger partial charge is 0.350 e. The van der Waals surface area contributed by atoms with Gasteiger partial charge in [-0.15, -0.1) is 11.3 Å². The summed E-state index contributed by atoms with van der Waals surface area (Å²) in [5, 5.41) is 0. The summed E-state index contributed by atoms with van der Waals surface area (Å²) < 4.78 is 16.8. The van der Waals surface area contributed by atoms with Crippen LogP contribution in [-0.2, 0) is 19.0 Å². The highest BCUT2D eigenvalue weighted by molar-refractivity contribution is 7.14. The zero-order chi connectivity index (χ0) is 23.3. The van der Waals surface area contributed by atoms with Crippen LogP contribution in [0.3, 0.4) is 0 Å². The molecule has 2 aliphatic carbocycles.